The maximum Gasteiger partial charge on any atom is 0.304 e. The van der Waals surface area contributed by atoms with Crippen LogP contribution in [0.3, 0.4) is 0 Å². The molecule has 4 heteroatoms. The highest BCUT2D eigenvalue weighted by Gasteiger charge is 2.08. The highest BCUT2D eigenvalue weighted by molar-refractivity contribution is 5.66. The molecule has 0 aliphatic heterocycles. The molecule has 94 valence electrons. The number of hydrogen-bond donors (Lipinski definition) is 3. The van der Waals surface area contributed by atoms with Crippen molar-refractivity contribution in [1.82, 2.24) is 5.32 Å². The van der Waals surface area contributed by atoms with Crippen molar-refractivity contribution in [3.05, 3.63) is 34.9 Å². The van der Waals surface area contributed by atoms with E-state index in [1.807, 2.05) is 32.0 Å². The summed E-state index contributed by atoms with van der Waals surface area (Å²) >= 11 is 0. The van der Waals surface area contributed by atoms with Crippen molar-refractivity contribution in [3.8, 4) is 0 Å². The van der Waals surface area contributed by atoms with Crippen LogP contribution < -0.4 is 5.32 Å². The van der Waals surface area contributed by atoms with Gasteiger partial charge in [0.05, 0.1) is 12.5 Å². The van der Waals surface area contributed by atoms with Gasteiger partial charge in [-0.25, -0.2) is 0 Å². The van der Waals surface area contributed by atoms with Crippen molar-refractivity contribution in [2.24, 2.45) is 0 Å². The second-order valence-electron chi connectivity index (χ2n) is 4.21. The smallest absolute Gasteiger partial charge is 0.304 e. The normalized spacial score (nSPS) is 12.4. The number of nitrogens with one attached hydrogen (secondary N) is 1. The van der Waals surface area contributed by atoms with E-state index < -0.39 is 12.1 Å². The highest BCUT2D eigenvalue weighted by Crippen LogP contribution is 2.16. The van der Waals surface area contributed by atoms with Crippen LogP contribution in [0, 0.1) is 13.8 Å². The molecule has 1 atom stereocenters. The Balaban J connectivity index is 2.44. The van der Waals surface area contributed by atoms with Gasteiger partial charge in [0.25, 0.3) is 0 Å². The predicted octanol–water partition coefficient (Wildman–Crippen LogP) is 1.40. The number of hydrogen-bond acceptors (Lipinski definition) is 3. The van der Waals surface area contributed by atoms with Crippen LogP contribution in [0.1, 0.15) is 29.2 Å². The fraction of sp³-hybridized carbons (Fsp3) is 0.462. The van der Waals surface area contributed by atoms with Crippen LogP contribution in [0.25, 0.3) is 0 Å². The van der Waals surface area contributed by atoms with E-state index in [4.69, 9.17) is 5.11 Å². The summed E-state index contributed by atoms with van der Waals surface area (Å²) in [6.45, 7) is 4.77. The third-order valence-electron chi connectivity index (χ3n) is 2.77. The first-order valence-corrected chi connectivity index (χ1v) is 5.68. The van der Waals surface area contributed by atoms with Crippen molar-refractivity contribution in [1.29, 1.82) is 0 Å². The first-order chi connectivity index (χ1) is 8.00. The van der Waals surface area contributed by atoms with E-state index in [0.29, 0.717) is 13.1 Å². The quantitative estimate of drug-likeness (QED) is 0.654. The van der Waals surface area contributed by atoms with E-state index >= 15 is 0 Å². The van der Waals surface area contributed by atoms with Crippen LogP contribution in [-0.4, -0.2) is 29.3 Å². The third-order valence-corrected chi connectivity index (χ3v) is 2.77. The second kappa shape index (κ2) is 6.37. The lowest BCUT2D eigenvalue weighted by Crippen LogP contribution is -2.24. The van der Waals surface area contributed by atoms with Crippen molar-refractivity contribution in [2.45, 2.75) is 26.4 Å². The molecule has 3 N–H and O–H groups in total. The van der Waals surface area contributed by atoms with Crippen LogP contribution >= 0.6 is 0 Å². The fourth-order valence-corrected chi connectivity index (χ4v) is 1.52. The number of carboxylic acids is 1. The second-order valence-corrected chi connectivity index (χ2v) is 4.21. The van der Waals surface area contributed by atoms with Crippen molar-refractivity contribution < 1.29 is 15.0 Å². The Kier molecular flexibility index (Phi) is 5.12. The number of benzene rings is 1. The molecule has 0 radical (unpaired) electrons. The summed E-state index contributed by atoms with van der Waals surface area (Å²) in [6, 6.07) is 5.83. The molecule has 0 saturated heterocycles. The molecule has 0 spiro atoms. The molecular formula is C13H19NO3. The summed E-state index contributed by atoms with van der Waals surface area (Å²) in [5.74, 6) is -0.835. The molecule has 0 amide bonds. The van der Waals surface area contributed by atoms with Gasteiger partial charge in [-0.3, -0.25) is 4.79 Å². The lowest BCUT2D eigenvalue weighted by atomic mass is 10.0. The Morgan fingerprint density at radius 1 is 1.35 bits per heavy atom. The summed E-state index contributed by atoms with van der Waals surface area (Å²) in [5, 5.41) is 21.3. The molecule has 0 saturated carbocycles. The van der Waals surface area contributed by atoms with Gasteiger partial charge < -0.3 is 15.5 Å². The maximum atomic E-state index is 10.3. The first-order valence-electron chi connectivity index (χ1n) is 5.68. The van der Waals surface area contributed by atoms with Gasteiger partial charge in [0, 0.05) is 13.1 Å². The van der Waals surface area contributed by atoms with Crippen LogP contribution in [0.15, 0.2) is 18.2 Å². The van der Waals surface area contributed by atoms with E-state index in [0.717, 1.165) is 11.1 Å². The average Bonchev–Trinajstić information content (AvgIpc) is 2.27. The molecule has 0 fully saturated rings. The Hall–Kier alpha value is -1.39. The lowest BCUT2D eigenvalue weighted by Gasteiger charge is -2.13. The molecular weight excluding hydrogens is 218 g/mol. The monoisotopic (exact) mass is 237 g/mol. The van der Waals surface area contributed by atoms with Gasteiger partial charge in [0.1, 0.15) is 0 Å². The number of aliphatic carboxylic acids is 1. The van der Waals surface area contributed by atoms with E-state index in [9.17, 15) is 9.90 Å². The van der Waals surface area contributed by atoms with E-state index in [1.54, 1.807) is 0 Å². The van der Waals surface area contributed by atoms with Gasteiger partial charge in [-0.1, -0.05) is 18.2 Å². The minimum Gasteiger partial charge on any atom is -0.481 e. The Labute approximate surface area is 101 Å². The average molecular weight is 237 g/mol. The van der Waals surface area contributed by atoms with Gasteiger partial charge >= 0.3 is 5.97 Å². The molecule has 1 unspecified atom stereocenters. The molecule has 4 nitrogen and oxygen atoms in total. The van der Waals surface area contributed by atoms with Gasteiger partial charge in [-0.2, -0.15) is 0 Å². The van der Waals surface area contributed by atoms with Crippen molar-refractivity contribution in [3.63, 3.8) is 0 Å². The zero-order valence-corrected chi connectivity index (χ0v) is 10.2. The number of aliphatic hydroxyl groups is 1. The maximum absolute atomic E-state index is 10.3. The van der Waals surface area contributed by atoms with Gasteiger partial charge in [-0.05, 0) is 30.5 Å². The summed E-state index contributed by atoms with van der Waals surface area (Å²) in [6.07, 6.45) is -0.525. The standard InChI is InChI=1S/C13H19NO3/c1-9-3-4-11(7-10(9)2)12(15)8-14-6-5-13(16)17/h3-4,7,12,14-15H,5-6,8H2,1-2H3,(H,16,17). The van der Waals surface area contributed by atoms with Crippen LogP contribution in [0.4, 0.5) is 0 Å². The lowest BCUT2D eigenvalue weighted by molar-refractivity contribution is -0.136. The van der Waals surface area contributed by atoms with Crippen LogP contribution in [0.2, 0.25) is 0 Å². The zero-order valence-electron chi connectivity index (χ0n) is 10.2. The predicted molar refractivity (Wildman–Crippen MR) is 66.0 cm³/mol. The number of carboxylic acid groups (broad SMARTS) is 1. The molecule has 1 aromatic rings. The molecule has 0 aliphatic carbocycles. The SMILES string of the molecule is Cc1ccc(C(O)CNCCC(=O)O)cc1C. The Morgan fingerprint density at radius 3 is 2.65 bits per heavy atom. The van der Waals surface area contributed by atoms with Crippen molar-refractivity contribution in [2.75, 3.05) is 13.1 Å². The van der Waals surface area contributed by atoms with Crippen molar-refractivity contribution >= 4 is 5.97 Å². The summed E-state index contributed by atoms with van der Waals surface area (Å²) in [5.41, 5.74) is 3.20. The number of carbonyl (C=O) groups is 1. The molecule has 1 rings (SSSR count). The third kappa shape index (κ3) is 4.54. The largest absolute Gasteiger partial charge is 0.481 e. The summed E-state index contributed by atoms with van der Waals surface area (Å²) in [7, 11) is 0. The number of rotatable bonds is 6. The summed E-state index contributed by atoms with van der Waals surface area (Å²) in [4.78, 5) is 10.3. The zero-order chi connectivity index (χ0) is 12.8. The van der Waals surface area contributed by atoms with E-state index in [1.165, 1.54) is 5.56 Å². The minimum absolute atomic E-state index is 0.0691. The topological polar surface area (TPSA) is 69.6 Å². The molecule has 0 bridgehead atoms. The fourth-order valence-electron chi connectivity index (χ4n) is 1.52. The number of aryl methyl sites for hydroxylation is 2. The van der Waals surface area contributed by atoms with Gasteiger partial charge in [0.15, 0.2) is 0 Å². The van der Waals surface area contributed by atoms with Gasteiger partial charge in [0.2, 0.25) is 0 Å². The minimum atomic E-state index is -0.835. The van der Waals surface area contributed by atoms with Crippen LogP contribution in [0.5, 0.6) is 0 Å². The molecule has 0 aliphatic rings. The Morgan fingerprint density at radius 2 is 2.06 bits per heavy atom. The number of aliphatic hydroxyl groups excluding tert-OH is 1. The van der Waals surface area contributed by atoms with E-state index in [-0.39, 0.29) is 6.42 Å². The Bertz CT molecular complexity index is 390. The first kappa shape index (κ1) is 13.7. The molecule has 1 aromatic carbocycles. The van der Waals surface area contributed by atoms with E-state index in [2.05, 4.69) is 5.32 Å². The molecule has 0 aromatic heterocycles. The molecule has 17 heavy (non-hydrogen) atoms. The summed E-state index contributed by atoms with van der Waals surface area (Å²) < 4.78 is 0. The van der Waals surface area contributed by atoms with Gasteiger partial charge in [-0.15, -0.1) is 0 Å². The molecule has 0 heterocycles. The van der Waals surface area contributed by atoms with Crippen LogP contribution in [-0.2, 0) is 4.79 Å². The highest BCUT2D eigenvalue weighted by atomic mass is 16.4.